The van der Waals surface area contributed by atoms with Crippen molar-refractivity contribution < 1.29 is 14.7 Å². The Kier molecular flexibility index (Phi) is 4.43. The molecule has 0 fully saturated rings. The van der Waals surface area contributed by atoms with Crippen molar-refractivity contribution in [2.45, 2.75) is 6.42 Å². The van der Waals surface area contributed by atoms with Gasteiger partial charge in [-0.3, -0.25) is 4.79 Å². The van der Waals surface area contributed by atoms with Gasteiger partial charge in [-0.05, 0) is 42.0 Å². The smallest absolute Gasteiger partial charge is 0.335 e. The zero-order valence-corrected chi connectivity index (χ0v) is 12.8. The number of hydrogen-bond donors (Lipinski definition) is 2. The fourth-order valence-corrected chi connectivity index (χ4v) is 2.51. The predicted octanol–water partition coefficient (Wildman–Crippen LogP) is 3.36. The Hall–Kier alpha value is -3.34. The number of benzene rings is 2. The van der Waals surface area contributed by atoms with Crippen LogP contribution in [0.5, 0.6) is 0 Å². The van der Waals surface area contributed by atoms with Gasteiger partial charge in [-0.1, -0.05) is 24.3 Å². The molecule has 0 bridgehead atoms. The summed E-state index contributed by atoms with van der Waals surface area (Å²) < 4.78 is 1.94. The maximum absolute atomic E-state index is 12.2. The number of nitrogens with one attached hydrogen (secondary N) is 1. The van der Waals surface area contributed by atoms with Gasteiger partial charge >= 0.3 is 5.97 Å². The number of aromatic carboxylic acids is 1. The molecule has 0 atom stereocenters. The second-order valence-corrected chi connectivity index (χ2v) is 5.33. The van der Waals surface area contributed by atoms with Crippen molar-refractivity contribution in [1.82, 2.24) is 4.57 Å². The van der Waals surface area contributed by atoms with E-state index in [4.69, 9.17) is 0 Å². The summed E-state index contributed by atoms with van der Waals surface area (Å²) in [5.41, 5.74) is 2.24. The largest absolute Gasteiger partial charge is 0.478 e. The van der Waals surface area contributed by atoms with Gasteiger partial charge in [-0.15, -0.1) is 0 Å². The summed E-state index contributed by atoms with van der Waals surface area (Å²) in [4.78, 5) is 23.4. The number of amides is 1. The molecular weight excluding hydrogens is 304 g/mol. The van der Waals surface area contributed by atoms with Crippen LogP contribution in [0.1, 0.15) is 15.9 Å². The third kappa shape index (κ3) is 3.52. The monoisotopic (exact) mass is 320 g/mol. The van der Waals surface area contributed by atoms with E-state index in [0.29, 0.717) is 11.3 Å². The highest BCUT2D eigenvalue weighted by atomic mass is 16.4. The van der Waals surface area contributed by atoms with Crippen molar-refractivity contribution in [3.63, 3.8) is 0 Å². The lowest BCUT2D eigenvalue weighted by Gasteiger charge is -2.09. The molecule has 5 nitrogen and oxygen atoms in total. The van der Waals surface area contributed by atoms with Gasteiger partial charge in [0.15, 0.2) is 0 Å². The molecule has 0 aliphatic rings. The van der Waals surface area contributed by atoms with Crippen molar-refractivity contribution in [2.75, 3.05) is 5.32 Å². The molecule has 0 saturated heterocycles. The Morgan fingerprint density at radius 3 is 2.46 bits per heavy atom. The number of aromatic nitrogens is 1. The molecule has 3 rings (SSSR count). The van der Waals surface area contributed by atoms with E-state index in [2.05, 4.69) is 5.32 Å². The zero-order chi connectivity index (χ0) is 16.9. The van der Waals surface area contributed by atoms with E-state index in [1.54, 1.807) is 24.3 Å². The Labute approximate surface area is 139 Å². The third-order valence-corrected chi connectivity index (χ3v) is 3.63. The molecule has 0 aliphatic carbocycles. The van der Waals surface area contributed by atoms with Crippen LogP contribution in [0.15, 0.2) is 73.1 Å². The minimum Gasteiger partial charge on any atom is -0.478 e. The van der Waals surface area contributed by atoms with Gasteiger partial charge in [0.25, 0.3) is 0 Å². The summed E-state index contributed by atoms with van der Waals surface area (Å²) in [7, 11) is 0. The molecule has 24 heavy (non-hydrogen) atoms. The molecule has 1 heterocycles. The van der Waals surface area contributed by atoms with Gasteiger partial charge in [0.2, 0.25) is 5.91 Å². The first-order valence-corrected chi connectivity index (χ1v) is 7.48. The Morgan fingerprint density at radius 1 is 0.958 bits per heavy atom. The van der Waals surface area contributed by atoms with Gasteiger partial charge in [-0.25, -0.2) is 4.79 Å². The molecular formula is C19H16N2O3. The van der Waals surface area contributed by atoms with Crippen LogP contribution in [0.3, 0.4) is 0 Å². The fourth-order valence-electron chi connectivity index (χ4n) is 2.51. The number of nitrogens with zero attached hydrogens (tertiary/aromatic N) is 1. The number of carbonyl (C=O) groups excluding carboxylic acids is 1. The molecule has 0 saturated carbocycles. The quantitative estimate of drug-likeness (QED) is 0.757. The summed E-state index contributed by atoms with van der Waals surface area (Å²) in [5.74, 6) is -1.29. The topological polar surface area (TPSA) is 71.3 Å². The van der Waals surface area contributed by atoms with Crippen molar-refractivity contribution >= 4 is 17.6 Å². The minimum atomic E-state index is -1.03. The Morgan fingerprint density at radius 2 is 1.71 bits per heavy atom. The molecule has 1 amide bonds. The maximum atomic E-state index is 12.2. The summed E-state index contributed by atoms with van der Waals surface area (Å²) >= 11 is 0. The highest BCUT2D eigenvalue weighted by molar-refractivity contribution is 5.96. The van der Waals surface area contributed by atoms with E-state index in [9.17, 15) is 14.7 Å². The summed E-state index contributed by atoms with van der Waals surface area (Å²) in [6.45, 7) is 0. The number of anilines is 1. The van der Waals surface area contributed by atoms with Crippen molar-refractivity contribution in [1.29, 1.82) is 0 Å². The van der Waals surface area contributed by atoms with Crippen molar-refractivity contribution in [3.8, 4) is 5.69 Å². The first-order chi connectivity index (χ1) is 11.6. The molecule has 2 aromatic carbocycles. The highest BCUT2D eigenvalue weighted by Crippen LogP contribution is 2.16. The number of rotatable bonds is 5. The number of carboxylic acid groups (broad SMARTS) is 1. The summed E-state index contributed by atoms with van der Waals surface area (Å²) in [6, 6.07) is 17.8. The van der Waals surface area contributed by atoms with Gasteiger partial charge < -0.3 is 15.0 Å². The van der Waals surface area contributed by atoms with Gasteiger partial charge in [0.1, 0.15) is 0 Å². The van der Waals surface area contributed by atoms with Crippen LogP contribution in [0.2, 0.25) is 0 Å². The van der Waals surface area contributed by atoms with Gasteiger partial charge in [0.05, 0.1) is 12.0 Å². The van der Waals surface area contributed by atoms with E-state index >= 15 is 0 Å². The lowest BCUT2D eigenvalue weighted by molar-refractivity contribution is -0.115. The molecule has 0 unspecified atom stereocenters. The second kappa shape index (κ2) is 6.83. The van der Waals surface area contributed by atoms with E-state index in [1.807, 2.05) is 47.3 Å². The zero-order valence-electron chi connectivity index (χ0n) is 12.8. The van der Waals surface area contributed by atoms with Crippen LogP contribution in [-0.2, 0) is 11.2 Å². The summed E-state index contributed by atoms with van der Waals surface area (Å²) in [5, 5.41) is 12.0. The number of carboxylic acids is 1. The van der Waals surface area contributed by atoms with Crippen LogP contribution >= 0.6 is 0 Å². The van der Waals surface area contributed by atoms with Crippen LogP contribution < -0.4 is 5.32 Å². The number of hydrogen-bond acceptors (Lipinski definition) is 2. The normalized spacial score (nSPS) is 10.3. The standard InChI is InChI=1S/C19H16N2O3/c22-18(12-14-6-1-2-9-17(14)19(23)24)20-15-7-5-8-16(13-15)21-10-3-4-11-21/h1-11,13H,12H2,(H,20,22)(H,23,24). The Balaban J connectivity index is 1.74. The van der Waals surface area contributed by atoms with E-state index in [1.165, 1.54) is 6.07 Å². The first kappa shape index (κ1) is 15.6. The molecule has 1 aromatic heterocycles. The van der Waals surface area contributed by atoms with Crippen LogP contribution in [0, 0.1) is 0 Å². The SMILES string of the molecule is O=C(Cc1ccccc1C(=O)O)Nc1cccc(-n2cccc2)c1. The Bertz CT molecular complexity index is 870. The molecule has 5 heteroatoms. The van der Waals surface area contributed by atoms with E-state index in [0.717, 1.165) is 5.69 Å². The van der Waals surface area contributed by atoms with Crippen molar-refractivity contribution in [3.05, 3.63) is 84.2 Å². The van der Waals surface area contributed by atoms with E-state index in [-0.39, 0.29) is 17.9 Å². The molecule has 2 N–H and O–H groups in total. The lowest BCUT2D eigenvalue weighted by atomic mass is 10.0. The fraction of sp³-hybridized carbons (Fsp3) is 0.0526. The van der Waals surface area contributed by atoms with Crippen molar-refractivity contribution in [2.24, 2.45) is 0 Å². The van der Waals surface area contributed by atoms with E-state index < -0.39 is 5.97 Å². The van der Waals surface area contributed by atoms with Gasteiger partial charge in [-0.2, -0.15) is 0 Å². The first-order valence-electron chi connectivity index (χ1n) is 7.48. The second-order valence-electron chi connectivity index (χ2n) is 5.33. The van der Waals surface area contributed by atoms with Crippen LogP contribution in [-0.4, -0.2) is 21.6 Å². The highest BCUT2D eigenvalue weighted by Gasteiger charge is 2.12. The average molecular weight is 320 g/mol. The van der Waals surface area contributed by atoms with Gasteiger partial charge in [0, 0.05) is 23.8 Å². The summed E-state index contributed by atoms with van der Waals surface area (Å²) in [6.07, 6.45) is 3.85. The average Bonchev–Trinajstić information content (AvgIpc) is 3.10. The van der Waals surface area contributed by atoms with Crippen LogP contribution in [0.25, 0.3) is 5.69 Å². The maximum Gasteiger partial charge on any atom is 0.335 e. The minimum absolute atomic E-state index is 0.0101. The third-order valence-electron chi connectivity index (χ3n) is 3.63. The molecule has 120 valence electrons. The molecule has 0 aliphatic heterocycles. The molecule has 3 aromatic rings. The lowest BCUT2D eigenvalue weighted by Crippen LogP contribution is -2.16. The predicted molar refractivity (Wildman–Crippen MR) is 91.5 cm³/mol. The molecule has 0 radical (unpaired) electrons. The number of carbonyl (C=O) groups is 2. The molecule has 0 spiro atoms. The van der Waals surface area contributed by atoms with Crippen LogP contribution in [0.4, 0.5) is 5.69 Å².